The summed E-state index contributed by atoms with van der Waals surface area (Å²) in [7, 11) is 0. The molecule has 0 aliphatic heterocycles. The van der Waals surface area contributed by atoms with Crippen molar-refractivity contribution in [2.75, 3.05) is 0 Å². The van der Waals surface area contributed by atoms with E-state index in [1.807, 2.05) is 30.3 Å². The third-order valence-corrected chi connectivity index (χ3v) is 4.39. The first-order chi connectivity index (χ1) is 12.2. The average Bonchev–Trinajstić information content (AvgIpc) is 2.63. The quantitative estimate of drug-likeness (QED) is 0.638. The van der Waals surface area contributed by atoms with Crippen LogP contribution in [-0.4, -0.2) is 9.89 Å². The lowest BCUT2D eigenvalue weighted by molar-refractivity contribution is 0.247. The molecule has 0 spiro atoms. The smallest absolute Gasteiger partial charge is 0.104 e. The SMILES string of the molecule is NC(=S)c1ccccc1CN(Cc1ccccc1)Cc1ccccc1. The molecule has 3 rings (SSSR count). The van der Waals surface area contributed by atoms with Crippen molar-refractivity contribution in [1.29, 1.82) is 0 Å². The number of hydrogen-bond donors (Lipinski definition) is 1. The normalized spacial score (nSPS) is 10.8. The molecule has 0 amide bonds. The van der Waals surface area contributed by atoms with Crippen LogP contribution in [0.1, 0.15) is 22.3 Å². The molecule has 0 saturated heterocycles. The van der Waals surface area contributed by atoms with Gasteiger partial charge in [0.15, 0.2) is 0 Å². The fraction of sp³-hybridized carbons (Fsp3) is 0.136. The van der Waals surface area contributed by atoms with Gasteiger partial charge in [-0.05, 0) is 16.7 Å². The van der Waals surface area contributed by atoms with Gasteiger partial charge in [0, 0.05) is 25.2 Å². The highest BCUT2D eigenvalue weighted by atomic mass is 32.1. The van der Waals surface area contributed by atoms with Crippen molar-refractivity contribution in [2.45, 2.75) is 19.6 Å². The predicted octanol–water partition coefficient (Wildman–Crippen LogP) is 4.52. The van der Waals surface area contributed by atoms with Crippen LogP contribution < -0.4 is 5.73 Å². The van der Waals surface area contributed by atoms with Crippen molar-refractivity contribution in [1.82, 2.24) is 4.90 Å². The first kappa shape index (κ1) is 17.3. The lowest BCUT2D eigenvalue weighted by atomic mass is 10.1. The Morgan fingerprint density at radius 3 is 1.68 bits per heavy atom. The molecule has 25 heavy (non-hydrogen) atoms. The maximum atomic E-state index is 5.91. The van der Waals surface area contributed by atoms with Crippen LogP contribution in [0.25, 0.3) is 0 Å². The van der Waals surface area contributed by atoms with Crippen molar-refractivity contribution in [3.8, 4) is 0 Å². The van der Waals surface area contributed by atoms with Gasteiger partial charge in [0.2, 0.25) is 0 Å². The van der Waals surface area contributed by atoms with Crippen LogP contribution in [0.4, 0.5) is 0 Å². The minimum atomic E-state index is 0.454. The summed E-state index contributed by atoms with van der Waals surface area (Å²) >= 11 is 5.22. The fourth-order valence-corrected chi connectivity index (χ4v) is 3.19. The van der Waals surface area contributed by atoms with Crippen molar-refractivity contribution in [2.24, 2.45) is 5.73 Å². The van der Waals surface area contributed by atoms with Crippen molar-refractivity contribution in [3.05, 3.63) is 107 Å². The van der Waals surface area contributed by atoms with Gasteiger partial charge in [-0.2, -0.15) is 0 Å². The van der Waals surface area contributed by atoms with Crippen molar-refractivity contribution >= 4 is 17.2 Å². The number of hydrogen-bond acceptors (Lipinski definition) is 2. The number of nitrogens with zero attached hydrogens (tertiary/aromatic N) is 1. The summed E-state index contributed by atoms with van der Waals surface area (Å²) in [5.74, 6) is 0. The molecule has 0 heterocycles. The van der Waals surface area contributed by atoms with E-state index in [-0.39, 0.29) is 0 Å². The second-order valence-corrected chi connectivity index (χ2v) is 6.58. The van der Waals surface area contributed by atoms with Gasteiger partial charge in [-0.15, -0.1) is 0 Å². The van der Waals surface area contributed by atoms with Gasteiger partial charge in [0.25, 0.3) is 0 Å². The summed E-state index contributed by atoms with van der Waals surface area (Å²) in [6.07, 6.45) is 0. The maximum absolute atomic E-state index is 5.91. The lowest BCUT2D eigenvalue weighted by Crippen LogP contribution is -2.24. The van der Waals surface area contributed by atoms with E-state index in [9.17, 15) is 0 Å². The van der Waals surface area contributed by atoms with Crippen LogP contribution in [0.3, 0.4) is 0 Å². The zero-order chi connectivity index (χ0) is 17.5. The van der Waals surface area contributed by atoms with Crippen LogP contribution in [-0.2, 0) is 19.6 Å². The van der Waals surface area contributed by atoms with Crippen LogP contribution in [0, 0.1) is 0 Å². The zero-order valence-corrected chi connectivity index (χ0v) is 15.0. The van der Waals surface area contributed by atoms with E-state index in [0.29, 0.717) is 4.99 Å². The molecular formula is C22H22N2S. The highest BCUT2D eigenvalue weighted by molar-refractivity contribution is 7.80. The molecular weight excluding hydrogens is 324 g/mol. The molecule has 0 bridgehead atoms. The minimum Gasteiger partial charge on any atom is -0.389 e. The first-order valence-corrected chi connectivity index (χ1v) is 8.81. The summed E-state index contributed by atoms with van der Waals surface area (Å²) in [4.78, 5) is 2.87. The molecule has 0 aliphatic rings. The van der Waals surface area contributed by atoms with Crippen LogP contribution in [0.2, 0.25) is 0 Å². The Hall–Kier alpha value is -2.49. The Bertz CT molecular complexity index is 774. The molecule has 0 radical (unpaired) electrons. The molecule has 2 N–H and O–H groups in total. The number of nitrogens with two attached hydrogens (primary N) is 1. The van der Waals surface area contributed by atoms with Gasteiger partial charge >= 0.3 is 0 Å². The van der Waals surface area contributed by atoms with Crippen LogP contribution >= 0.6 is 12.2 Å². The molecule has 126 valence electrons. The van der Waals surface area contributed by atoms with Gasteiger partial charge in [-0.1, -0.05) is 97.1 Å². The monoisotopic (exact) mass is 346 g/mol. The highest BCUT2D eigenvalue weighted by Crippen LogP contribution is 2.17. The Morgan fingerprint density at radius 2 is 1.16 bits per heavy atom. The lowest BCUT2D eigenvalue weighted by Gasteiger charge is -2.24. The predicted molar refractivity (Wildman–Crippen MR) is 108 cm³/mol. The zero-order valence-electron chi connectivity index (χ0n) is 14.1. The van der Waals surface area contributed by atoms with E-state index >= 15 is 0 Å². The Balaban J connectivity index is 1.84. The summed E-state index contributed by atoms with van der Waals surface area (Å²) < 4.78 is 0. The summed E-state index contributed by atoms with van der Waals surface area (Å²) in [6, 6.07) is 29.2. The van der Waals surface area contributed by atoms with Crippen LogP contribution in [0.5, 0.6) is 0 Å². The third-order valence-electron chi connectivity index (χ3n) is 4.17. The van der Waals surface area contributed by atoms with E-state index < -0.39 is 0 Å². The van der Waals surface area contributed by atoms with E-state index in [1.165, 1.54) is 16.7 Å². The van der Waals surface area contributed by atoms with Gasteiger partial charge in [0.1, 0.15) is 4.99 Å². The fourth-order valence-electron chi connectivity index (χ4n) is 2.99. The standard InChI is InChI=1S/C22H22N2S/c23-22(25)21-14-8-7-13-20(21)17-24(15-18-9-3-1-4-10-18)16-19-11-5-2-6-12-19/h1-14H,15-17H2,(H2,23,25). The van der Waals surface area contributed by atoms with E-state index in [2.05, 4.69) is 59.5 Å². The number of rotatable bonds is 7. The van der Waals surface area contributed by atoms with E-state index in [0.717, 1.165) is 25.2 Å². The molecule has 2 nitrogen and oxygen atoms in total. The molecule has 3 aromatic carbocycles. The van der Waals surface area contributed by atoms with Crippen molar-refractivity contribution in [3.63, 3.8) is 0 Å². The van der Waals surface area contributed by atoms with Crippen molar-refractivity contribution < 1.29 is 0 Å². The number of thiocarbonyl (C=S) groups is 1. The molecule has 0 aliphatic carbocycles. The maximum Gasteiger partial charge on any atom is 0.104 e. The molecule has 0 fully saturated rings. The molecule has 0 aromatic heterocycles. The second kappa shape index (κ2) is 8.56. The van der Waals surface area contributed by atoms with Gasteiger partial charge in [0.05, 0.1) is 0 Å². The Morgan fingerprint density at radius 1 is 0.680 bits per heavy atom. The second-order valence-electron chi connectivity index (χ2n) is 6.14. The van der Waals surface area contributed by atoms with E-state index in [4.69, 9.17) is 18.0 Å². The molecule has 0 unspecified atom stereocenters. The summed E-state index contributed by atoms with van der Waals surface area (Å²) in [6.45, 7) is 2.56. The largest absolute Gasteiger partial charge is 0.389 e. The number of benzene rings is 3. The van der Waals surface area contributed by atoms with Crippen LogP contribution in [0.15, 0.2) is 84.9 Å². The Kier molecular flexibility index (Phi) is 5.94. The molecule has 0 saturated carbocycles. The van der Waals surface area contributed by atoms with Gasteiger partial charge in [-0.25, -0.2) is 0 Å². The average molecular weight is 346 g/mol. The summed E-state index contributed by atoms with van der Waals surface area (Å²) in [5.41, 5.74) is 10.6. The molecule has 3 aromatic rings. The minimum absolute atomic E-state index is 0.454. The van der Waals surface area contributed by atoms with E-state index in [1.54, 1.807) is 0 Å². The molecule has 0 atom stereocenters. The summed E-state index contributed by atoms with van der Waals surface area (Å²) in [5, 5.41) is 0. The van der Waals surface area contributed by atoms with Gasteiger partial charge in [-0.3, -0.25) is 4.90 Å². The molecule has 3 heteroatoms. The highest BCUT2D eigenvalue weighted by Gasteiger charge is 2.12. The topological polar surface area (TPSA) is 29.3 Å². The Labute approximate surface area is 154 Å². The van der Waals surface area contributed by atoms with Gasteiger partial charge < -0.3 is 5.73 Å². The first-order valence-electron chi connectivity index (χ1n) is 8.40. The third kappa shape index (κ3) is 4.99.